The van der Waals surface area contributed by atoms with Crippen LogP contribution in [0.3, 0.4) is 0 Å². The van der Waals surface area contributed by atoms with Crippen molar-refractivity contribution >= 4 is 23.2 Å². The zero-order chi connectivity index (χ0) is 18.0. The Labute approximate surface area is 147 Å². The number of anilines is 2. The summed E-state index contributed by atoms with van der Waals surface area (Å²) in [5.74, 6) is 0.730. The van der Waals surface area contributed by atoms with Gasteiger partial charge in [-0.2, -0.15) is 0 Å². The van der Waals surface area contributed by atoms with Gasteiger partial charge in [0.05, 0.1) is 12.5 Å². The molecular weight excluding hydrogens is 316 g/mol. The van der Waals surface area contributed by atoms with Crippen molar-refractivity contribution in [2.75, 3.05) is 17.7 Å². The lowest BCUT2D eigenvalue weighted by molar-refractivity contribution is -0.119. The monoisotopic (exact) mass is 338 g/mol. The van der Waals surface area contributed by atoms with E-state index in [1.54, 1.807) is 7.11 Å². The molecule has 1 aliphatic rings. The molecule has 0 saturated carbocycles. The summed E-state index contributed by atoms with van der Waals surface area (Å²) >= 11 is 0. The van der Waals surface area contributed by atoms with E-state index in [9.17, 15) is 9.59 Å². The minimum Gasteiger partial charge on any atom is -0.497 e. The number of nitrogens with one attached hydrogen (secondary N) is 2. The van der Waals surface area contributed by atoms with E-state index in [1.807, 2.05) is 56.3 Å². The zero-order valence-corrected chi connectivity index (χ0v) is 14.7. The van der Waals surface area contributed by atoms with Gasteiger partial charge < -0.3 is 15.4 Å². The van der Waals surface area contributed by atoms with E-state index < -0.39 is 5.41 Å². The highest BCUT2D eigenvalue weighted by molar-refractivity contribution is 6.06. The number of rotatable bonds is 5. The molecule has 0 aromatic heterocycles. The normalized spacial score (nSPS) is 14.6. The minimum absolute atomic E-state index is 0.0227. The second kappa shape index (κ2) is 6.59. The molecule has 0 fully saturated rings. The van der Waals surface area contributed by atoms with E-state index in [4.69, 9.17) is 4.74 Å². The van der Waals surface area contributed by atoms with Crippen molar-refractivity contribution in [2.45, 2.75) is 32.1 Å². The first kappa shape index (κ1) is 17.0. The number of carbonyl (C=O) groups excluding carboxylic acids is 2. The van der Waals surface area contributed by atoms with Crippen LogP contribution in [-0.4, -0.2) is 18.9 Å². The predicted octanol–water partition coefficient (Wildman–Crippen LogP) is 3.50. The summed E-state index contributed by atoms with van der Waals surface area (Å²) in [5.41, 5.74) is 2.93. The number of benzene rings is 2. The number of methoxy groups -OCH3 is 1. The Balaban J connectivity index is 1.62. The SMILES string of the molecule is COc1ccc(CCC(=O)Nc2ccc3c(c2)C(C)(C)C(=O)N3)cc1. The molecular formula is C20H22N2O3. The average Bonchev–Trinajstić information content (AvgIpc) is 2.83. The molecule has 5 nitrogen and oxygen atoms in total. The first-order chi connectivity index (χ1) is 11.9. The third kappa shape index (κ3) is 3.50. The Bertz CT molecular complexity index is 810. The summed E-state index contributed by atoms with van der Waals surface area (Å²) in [6, 6.07) is 13.2. The third-order valence-electron chi connectivity index (χ3n) is 4.59. The molecule has 0 bridgehead atoms. The maximum absolute atomic E-state index is 12.2. The first-order valence-corrected chi connectivity index (χ1v) is 8.29. The van der Waals surface area contributed by atoms with E-state index in [2.05, 4.69) is 10.6 Å². The van der Waals surface area contributed by atoms with Crippen LogP contribution in [0.4, 0.5) is 11.4 Å². The van der Waals surface area contributed by atoms with Gasteiger partial charge in [-0.3, -0.25) is 9.59 Å². The van der Waals surface area contributed by atoms with Crippen LogP contribution in [0.1, 0.15) is 31.4 Å². The Kier molecular flexibility index (Phi) is 4.49. The van der Waals surface area contributed by atoms with Crippen LogP contribution in [-0.2, 0) is 21.4 Å². The average molecular weight is 338 g/mol. The Morgan fingerprint density at radius 2 is 1.88 bits per heavy atom. The van der Waals surface area contributed by atoms with Crippen molar-refractivity contribution < 1.29 is 14.3 Å². The highest BCUT2D eigenvalue weighted by Crippen LogP contribution is 2.38. The lowest BCUT2D eigenvalue weighted by atomic mass is 9.86. The molecule has 0 aliphatic carbocycles. The maximum Gasteiger partial charge on any atom is 0.234 e. The summed E-state index contributed by atoms with van der Waals surface area (Å²) in [7, 11) is 1.63. The quantitative estimate of drug-likeness (QED) is 0.877. The molecule has 1 heterocycles. The van der Waals surface area contributed by atoms with Crippen molar-refractivity contribution in [3.8, 4) is 5.75 Å². The Hall–Kier alpha value is -2.82. The molecule has 5 heteroatoms. The van der Waals surface area contributed by atoms with E-state index in [0.29, 0.717) is 18.5 Å². The van der Waals surface area contributed by atoms with Gasteiger partial charge in [0, 0.05) is 17.8 Å². The largest absolute Gasteiger partial charge is 0.497 e. The third-order valence-corrected chi connectivity index (χ3v) is 4.59. The fourth-order valence-corrected chi connectivity index (χ4v) is 2.92. The maximum atomic E-state index is 12.2. The van der Waals surface area contributed by atoms with E-state index in [1.165, 1.54) is 0 Å². The minimum atomic E-state index is -0.584. The molecule has 25 heavy (non-hydrogen) atoms. The van der Waals surface area contributed by atoms with Gasteiger partial charge in [-0.05, 0) is 61.7 Å². The number of aryl methyl sites for hydroxylation is 1. The van der Waals surface area contributed by atoms with Crippen LogP contribution in [0.2, 0.25) is 0 Å². The number of amides is 2. The van der Waals surface area contributed by atoms with Gasteiger partial charge >= 0.3 is 0 Å². The van der Waals surface area contributed by atoms with Gasteiger partial charge in [-0.15, -0.1) is 0 Å². The molecule has 2 amide bonds. The summed E-state index contributed by atoms with van der Waals surface area (Å²) in [6.07, 6.45) is 1.05. The molecule has 0 spiro atoms. The second-order valence-electron chi connectivity index (χ2n) is 6.74. The van der Waals surface area contributed by atoms with Crippen LogP contribution in [0.15, 0.2) is 42.5 Å². The molecule has 2 N–H and O–H groups in total. The second-order valence-corrected chi connectivity index (χ2v) is 6.74. The van der Waals surface area contributed by atoms with Crippen LogP contribution in [0.5, 0.6) is 5.75 Å². The van der Waals surface area contributed by atoms with Gasteiger partial charge in [0.15, 0.2) is 0 Å². The number of hydrogen-bond donors (Lipinski definition) is 2. The van der Waals surface area contributed by atoms with Crippen LogP contribution < -0.4 is 15.4 Å². The molecule has 0 saturated heterocycles. The first-order valence-electron chi connectivity index (χ1n) is 8.29. The van der Waals surface area contributed by atoms with E-state index in [-0.39, 0.29) is 11.8 Å². The van der Waals surface area contributed by atoms with E-state index >= 15 is 0 Å². The summed E-state index contributed by atoms with van der Waals surface area (Å²) < 4.78 is 5.13. The van der Waals surface area contributed by atoms with Crippen molar-refractivity contribution in [1.29, 1.82) is 0 Å². The van der Waals surface area contributed by atoms with Gasteiger partial charge in [-0.1, -0.05) is 12.1 Å². The molecule has 0 atom stereocenters. The molecule has 130 valence electrons. The zero-order valence-electron chi connectivity index (χ0n) is 14.7. The lowest BCUT2D eigenvalue weighted by Gasteiger charge is -2.16. The van der Waals surface area contributed by atoms with Gasteiger partial charge in [0.2, 0.25) is 11.8 Å². The molecule has 1 aliphatic heterocycles. The molecule has 3 rings (SSSR count). The Morgan fingerprint density at radius 1 is 1.16 bits per heavy atom. The summed E-state index contributed by atoms with van der Waals surface area (Å²) in [5, 5.41) is 5.78. The molecule has 0 radical (unpaired) electrons. The molecule has 2 aromatic rings. The highest BCUT2D eigenvalue weighted by Gasteiger charge is 2.38. The topological polar surface area (TPSA) is 67.4 Å². The molecule has 2 aromatic carbocycles. The molecule has 0 unspecified atom stereocenters. The Morgan fingerprint density at radius 3 is 2.56 bits per heavy atom. The van der Waals surface area contributed by atoms with Crippen LogP contribution in [0, 0.1) is 0 Å². The van der Waals surface area contributed by atoms with E-state index in [0.717, 1.165) is 22.6 Å². The van der Waals surface area contributed by atoms with Gasteiger partial charge in [-0.25, -0.2) is 0 Å². The number of hydrogen-bond acceptors (Lipinski definition) is 3. The van der Waals surface area contributed by atoms with Crippen molar-refractivity contribution in [2.24, 2.45) is 0 Å². The number of carbonyl (C=O) groups is 2. The predicted molar refractivity (Wildman–Crippen MR) is 98.0 cm³/mol. The fraction of sp³-hybridized carbons (Fsp3) is 0.300. The lowest BCUT2D eigenvalue weighted by Crippen LogP contribution is -2.26. The highest BCUT2D eigenvalue weighted by atomic mass is 16.5. The standard InChI is InChI=1S/C20H22N2O3/c1-20(2)16-12-14(7-10-17(16)22-19(20)24)21-18(23)11-6-13-4-8-15(25-3)9-5-13/h4-5,7-10,12H,6,11H2,1-3H3,(H,21,23)(H,22,24). The van der Waals surface area contributed by atoms with Gasteiger partial charge in [0.25, 0.3) is 0 Å². The number of ether oxygens (including phenoxy) is 1. The van der Waals surface area contributed by atoms with Crippen LogP contribution >= 0.6 is 0 Å². The smallest absolute Gasteiger partial charge is 0.234 e. The summed E-state index contributed by atoms with van der Waals surface area (Å²) in [6.45, 7) is 3.76. The number of fused-ring (bicyclic) bond motifs is 1. The fourth-order valence-electron chi connectivity index (χ4n) is 2.92. The van der Waals surface area contributed by atoms with Crippen molar-refractivity contribution in [1.82, 2.24) is 0 Å². The van der Waals surface area contributed by atoms with Gasteiger partial charge in [0.1, 0.15) is 5.75 Å². The van der Waals surface area contributed by atoms with Crippen molar-refractivity contribution in [3.05, 3.63) is 53.6 Å². The van der Waals surface area contributed by atoms with Crippen LogP contribution in [0.25, 0.3) is 0 Å². The summed E-state index contributed by atoms with van der Waals surface area (Å²) in [4.78, 5) is 24.2. The van der Waals surface area contributed by atoms with Crippen molar-refractivity contribution in [3.63, 3.8) is 0 Å².